The molecular weight excluding hydrogens is 432 g/mol. The Morgan fingerprint density at radius 2 is 2.00 bits per heavy atom. The molecule has 0 bridgehead atoms. The largest absolute Gasteiger partial charge is 0.497 e. The number of nitrogens with one attached hydrogen (secondary N) is 2. The van der Waals surface area contributed by atoms with Crippen LogP contribution in [-0.2, 0) is 11.3 Å². The molecule has 2 amide bonds. The second kappa shape index (κ2) is 12.3. The van der Waals surface area contributed by atoms with Crippen molar-refractivity contribution in [2.45, 2.75) is 32.3 Å². The maximum atomic E-state index is 12.3. The summed E-state index contributed by atoms with van der Waals surface area (Å²) < 4.78 is 20.0. The predicted octanol–water partition coefficient (Wildman–Crippen LogP) is 3.51. The minimum atomic E-state index is -0.625. The zero-order chi connectivity index (χ0) is 22.8. The van der Waals surface area contributed by atoms with Crippen molar-refractivity contribution >= 4 is 28.5 Å². The number of anilines is 1. The van der Waals surface area contributed by atoms with Gasteiger partial charge in [0, 0.05) is 6.54 Å². The number of carbonyl (C=O) groups excluding carboxylic acids is 2. The molecule has 1 fully saturated rings. The van der Waals surface area contributed by atoms with Gasteiger partial charge in [-0.3, -0.25) is 5.32 Å². The van der Waals surface area contributed by atoms with Gasteiger partial charge >= 0.3 is 12.0 Å². The third-order valence-corrected chi connectivity index (χ3v) is 5.92. The van der Waals surface area contributed by atoms with Crippen molar-refractivity contribution in [1.82, 2.24) is 14.6 Å². The fraction of sp³-hybridized carbons (Fsp3) is 0.500. The molecule has 3 rings (SSSR count). The topological polar surface area (TPSA) is 102 Å². The second-order valence-corrected chi connectivity index (χ2v) is 8.23. The highest BCUT2D eigenvalue weighted by molar-refractivity contribution is 7.11. The summed E-state index contributed by atoms with van der Waals surface area (Å²) in [6, 6.07) is 7.00. The lowest BCUT2D eigenvalue weighted by Crippen LogP contribution is -2.30. The highest BCUT2D eigenvalue weighted by atomic mass is 32.1. The fourth-order valence-corrected chi connectivity index (χ4v) is 4.19. The first kappa shape index (κ1) is 23.8. The second-order valence-electron chi connectivity index (χ2n) is 7.46. The third-order valence-electron chi connectivity index (χ3n) is 5.17. The van der Waals surface area contributed by atoms with Crippen molar-refractivity contribution in [3.05, 3.63) is 35.4 Å². The Labute approximate surface area is 192 Å². The van der Waals surface area contributed by atoms with Gasteiger partial charge < -0.3 is 24.4 Å². The molecule has 1 aromatic carbocycles. The molecule has 0 spiro atoms. The summed E-state index contributed by atoms with van der Waals surface area (Å²) in [4.78, 5) is 27.0. The van der Waals surface area contributed by atoms with E-state index < -0.39 is 5.97 Å². The molecule has 10 heteroatoms. The first-order valence-corrected chi connectivity index (χ1v) is 11.5. The van der Waals surface area contributed by atoms with Crippen LogP contribution in [0.1, 0.15) is 41.6 Å². The molecule has 174 valence electrons. The number of ether oxygens (including phenoxy) is 3. The van der Waals surface area contributed by atoms with E-state index >= 15 is 0 Å². The first-order chi connectivity index (χ1) is 15.6. The molecule has 9 nitrogen and oxygen atoms in total. The predicted molar refractivity (Wildman–Crippen MR) is 123 cm³/mol. The fourth-order valence-electron chi connectivity index (χ4n) is 3.47. The van der Waals surface area contributed by atoms with Gasteiger partial charge in [-0.25, -0.2) is 9.59 Å². The number of rotatable bonds is 11. The van der Waals surface area contributed by atoms with E-state index in [-0.39, 0.29) is 29.1 Å². The van der Waals surface area contributed by atoms with E-state index in [1.54, 1.807) is 7.11 Å². The van der Waals surface area contributed by atoms with Crippen molar-refractivity contribution in [2.75, 3.05) is 45.7 Å². The van der Waals surface area contributed by atoms with Crippen LogP contribution in [0.2, 0.25) is 0 Å². The lowest BCUT2D eigenvalue weighted by atomic mass is 10.2. The van der Waals surface area contributed by atoms with Gasteiger partial charge in [0.05, 0.1) is 14.2 Å². The number of methoxy groups -OCH3 is 2. The summed E-state index contributed by atoms with van der Waals surface area (Å²) in [6.07, 6.45) is 4.49. The number of nitrogens with zero attached hydrogens (tertiary/aromatic N) is 2. The summed E-state index contributed by atoms with van der Waals surface area (Å²) >= 11 is 0.972. The minimum absolute atomic E-state index is 0.101. The lowest BCUT2D eigenvalue weighted by Gasteiger charge is -2.14. The van der Waals surface area contributed by atoms with Gasteiger partial charge in [0.15, 0.2) is 5.56 Å². The zero-order valence-electron chi connectivity index (χ0n) is 18.5. The number of aromatic nitrogens is 1. The summed E-state index contributed by atoms with van der Waals surface area (Å²) in [7, 11) is 2.86. The smallest absolute Gasteiger partial charge is 0.346 e. The molecule has 1 aliphatic heterocycles. The standard InChI is InChI=1S/C22H30N4O5S/c1-29-17-9-7-8-16(14-17)15-31-19-18(21(27)30-2)20(32-25-19)24-22(28)23-10-3-4-11-26-12-5-6-13-26/h7-9,14H,3-6,10-13,15H2,1-2H3,(H2,23,24,28). The summed E-state index contributed by atoms with van der Waals surface area (Å²) in [5.41, 5.74) is 0.957. The molecular formula is C22H30N4O5S. The van der Waals surface area contributed by atoms with E-state index in [2.05, 4.69) is 19.9 Å². The minimum Gasteiger partial charge on any atom is -0.497 e. The van der Waals surface area contributed by atoms with Gasteiger partial charge in [0.2, 0.25) is 5.88 Å². The molecule has 2 N–H and O–H groups in total. The number of urea groups is 1. The maximum Gasteiger partial charge on any atom is 0.346 e. The van der Waals surface area contributed by atoms with E-state index in [1.807, 2.05) is 24.3 Å². The normalized spacial score (nSPS) is 13.6. The van der Waals surface area contributed by atoms with E-state index in [0.29, 0.717) is 12.3 Å². The third kappa shape index (κ3) is 6.83. The molecule has 0 radical (unpaired) electrons. The van der Waals surface area contributed by atoms with E-state index in [9.17, 15) is 9.59 Å². The van der Waals surface area contributed by atoms with Crippen LogP contribution in [0, 0.1) is 0 Å². The van der Waals surface area contributed by atoms with Crippen molar-refractivity contribution in [3.63, 3.8) is 0 Å². The Balaban J connectivity index is 1.52. The number of carbonyl (C=O) groups is 2. The number of hydrogen-bond acceptors (Lipinski definition) is 8. The molecule has 1 aromatic heterocycles. The number of esters is 1. The SMILES string of the molecule is COC(=O)c1c(OCc2cccc(OC)c2)nsc1NC(=O)NCCCCN1CCCC1. The van der Waals surface area contributed by atoms with Crippen molar-refractivity contribution in [1.29, 1.82) is 0 Å². The van der Waals surface area contributed by atoms with Crippen LogP contribution in [0.25, 0.3) is 0 Å². The van der Waals surface area contributed by atoms with Crippen molar-refractivity contribution < 1.29 is 23.8 Å². The highest BCUT2D eigenvalue weighted by Crippen LogP contribution is 2.32. The Morgan fingerprint density at radius 1 is 1.19 bits per heavy atom. The summed E-state index contributed by atoms with van der Waals surface area (Å²) in [5.74, 6) is 0.197. The molecule has 2 heterocycles. The number of unbranched alkanes of at least 4 members (excludes halogenated alkanes) is 1. The Hall–Kier alpha value is -2.85. The molecule has 1 saturated heterocycles. The van der Waals surface area contributed by atoms with Gasteiger partial charge in [0.25, 0.3) is 0 Å². The summed E-state index contributed by atoms with van der Waals surface area (Å²) in [5, 5.41) is 5.80. The van der Waals surface area contributed by atoms with Crippen LogP contribution < -0.4 is 20.1 Å². The van der Waals surface area contributed by atoms with Gasteiger partial charge in [-0.05, 0) is 74.5 Å². The zero-order valence-corrected chi connectivity index (χ0v) is 19.3. The molecule has 0 saturated carbocycles. The van der Waals surface area contributed by atoms with Gasteiger partial charge in [-0.1, -0.05) is 12.1 Å². The molecule has 32 heavy (non-hydrogen) atoms. The van der Waals surface area contributed by atoms with Gasteiger partial charge in [-0.2, -0.15) is 4.37 Å². The van der Waals surface area contributed by atoms with Crippen LogP contribution in [0.4, 0.5) is 9.80 Å². The van der Waals surface area contributed by atoms with Gasteiger partial charge in [0.1, 0.15) is 17.4 Å². The Morgan fingerprint density at radius 3 is 2.75 bits per heavy atom. The highest BCUT2D eigenvalue weighted by Gasteiger charge is 2.24. The molecule has 0 unspecified atom stereocenters. The number of amides is 2. The quantitative estimate of drug-likeness (QED) is 0.389. The van der Waals surface area contributed by atoms with E-state index in [4.69, 9.17) is 14.2 Å². The summed E-state index contributed by atoms with van der Waals surface area (Å²) in [6.45, 7) is 4.17. The maximum absolute atomic E-state index is 12.3. The Kier molecular flexibility index (Phi) is 9.12. The number of benzene rings is 1. The van der Waals surface area contributed by atoms with Crippen molar-refractivity contribution in [2.24, 2.45) is 0 Å². The average Bonchev–Trinajstić information content (AvgIpc) is 3.47. The van der Waals surface area contributed by atoms with Crippen LogP contribution in [0.5, 0.6) is 11.6 Å². The first-order valence-electron chi connectivity index (χ1n) is 10.7. The van der Waals surface area contributed by atoms with Crippen LogP contribution in [0.3, 0.4) is 0 Å². The van der Waals surface area contributed by atoms with E-state index in [0.717, 1.165) is 36.5 Å². The molecule has 0 aliphatic carbocycles. The molecule has 1 aliphatic rings. The van der Waals surface area contributed by atoms with E-state index in [1.165, 1.54) is 33.0 Å². The molecule has 2 aromatic rings. The van der Waals surface area contributed by atoms with Gasteiger partial charge in [-0.15, -0.1) is 0 Å². The number of likely N-dealkylation sites (tertiary alicyclic amines) is 1. The Bertz CT molecular complexity index is 898. The van der Waals surface area contributed by atoms with Crippen LogP contribution >= 0.6 is 11.5 Å². The van der Waals surface area contributed by atoms with Crippen molar-refractivity contribution in [3.8, 4) is 11.6 Å². The van der Waals surface area contributed by atoms with Crippen LogP contribution in [-0.4, -0.2) is 61.7 Å². The van der Waals surface area contributed by atoms with Crippen LogP contribution in [0.15, 0.2) is 24.3 Å². The molecule has 0 atom stereocenters. The average molecular weight is 463 g/mol. The monoisotopic (exact) mass is 462 g/mol. The lowest BCUT2D eigenvalue weighted by molar-refractivity contribution is 0.0596. The number of hydrogen-bond donors (Lipinski definition) is 2.